The second-order valence-electron chi connectivity index (χ2n) is 4.73. The fraction of sp³-hybridized carbons (Fsp3) is 0.462. The van der Waals surface area contributed by atoms with Gasteiger partial charge in [0.15, 0.2) is 0 Å². The highest BCUT2D eigenvalue weighted by Crippen LogP contribution is 2.37. The first-order chi connectivity index (χ1) is 9.77. The highest BCUT2D eigenvalue weighted by atomic mass is 19.4. The van der Waals surface area contributed by atoms with Crippen molar-refractivity contribution in [1.82, 2.24) is 4.90 Å². The van der Waals surface area contributed by atoms with Crippen molar-refractivity contribution in [2.45, 2.75) is 25.1 Å². The molecule has 0 bridgehead atoms. The summed E-state index contributed by atoms with van der Waals surface area (Å²) in [4.78, 5) is 11.9. The Morgan fingerprint density at radius 3 is 2.43 bits per heavy atom. The molecule has 0 spiro atoms. The molecule has 21 heavy (non-hydrogen) atoms. The van der Waals surface area contributed by atoms with Gasteiger partial charge in [0.1, 0.15) is 17.7 Å². The number of ether oxygens (including phenoxy) is 1. The van der Waals surface area contributed by atoms with Crippen LogP contribution in [-0.2, 0) is 6.18 Å². The Balaban J connectivity index is 2.10. The lowest BCUT2D eigenvalue weighted by molar-refractivity contribution is -0.139. The molecule has 8 heteroatoms. The molecule has 0 saturated carbocycles. The molecule has 1 saturated heterocycles. The Kier molecular flexibility index (Phi) is 4.24. The highest BCUT2D eigenvalue weighted by molar-refractivity contribution is 5.65. The van der Waals surface area contributed by atoms with E-state index in [1.54, 1.807) is 0 Å². The maximum Gasteiger partial charge on any atom is 0.419 e. The molecule has 0 aliphatic carbocycles. The summed E-state index contributed by atoms with van der Waals surface area (Å²) in [7, 11) is 0. The molecule has 1 fully saturated rings. The topological polar surface area (TPSA) is 49.8 Å². The predicted molar refractivity (Wildman–Crippen MR) is 64.6 cm³/mol. The normalized spacial score (nSPS) is 16.9. The van der Waals surface area contributed by atoms with E-state index in [0.29, 0.717) is 12.1 Å². The van der Waals surface area contributed by atoms with Crippen molar-refractivity contribution in [3.05, 3.63) is 29.6 Å². The van der Waals surface area contributed by atoms with Crippen molar-refractivity contribution < 1.29 is 32.2 Å². The van der Waals surface area contributed by atoms with E-state index >= 15 is 0 Å². The first-order valence-corrected chi connectivity index (χ1v) is 6.28. The number of nitrogens with zero attached hydrogens (tertiary/aromatic N) is 1. The molecule has 0 aromatic heterocycles. The van der Waals surface area contributed by atoms with Crippen molar-refractivity contribution in [2.24, 2.45) is 0 Å². The molecule has 0 radical (unpaired) electrons. The van der Waals surface area contributed by atoms with Crippen LogP contribution in [-0.4, -0.2) is 35.3 Å². The molecule has 1 N–H and O–H groups in total. The Morgan fingerprint density at radius 2 is 1.90 bits per heavy atom. The quantitative estimate of drug-likeness (QED) is 0.852. The lowest BCUT2D eigenvalue weighted by Crippen LogP contribution is -2.41. The third-order valence-corrected chi connectivity index (χ3v) is 3.26. The van der Waals surface area contributed by atoms with E-state index < -0.39 is 35.5 Å². The van der Waals surface area contributed by atoms with Crippen molar-refractivity contribution in [3.63, 3.8) is 0 Å². The van der Waals surface area contributed by atoms with E-state index in [0.717, 1.165) is 11.0 Å². The van der Waals surface area contributed by atoms with E-state index in [-0.39, 0.29) is 25.9 Å². The minimum atomic E-state index is -4.63. The number of carbonyl (C=O) groups is 1. The molecule has 0 atom stereocenters. The third-order valence-electron chi connectivity index (χ3n) is 3.26. The van der Waals surface area contributed by atoms with E-state index in [9.17, 15) is 22.4 Å². The van der Waals surface area contributed by atoms with Gasteiger partial charge < -0.3 is 14.7 Å². The Labute approximate surface area is 117 Å². The highest BCUT2D eigenvalue weighted by Gasteiger charge is 2.35. The van der Waals surface area contributed by atoms with Crippen LogP contribution >= 0.6 is 0 Å². The number of halogens is 4. The van der Waals surface area contributed by atoms with Crippen LogP contribution in [0.2, 0.25) is 0 Å². The number of likely N-dealkylation sites (tertiary alicyclic amines) is 1. The van der Waals surface area contributed by atoms with Gasteiger partial charge in [-0.15, -0.1) is 0 Å². The average molecular weight is 307 g/mol. The SMILES string of the molecule is O=C(O)N1CCC(Oc2cc(F)ccc2C(F)(F)F)CC1. The molecule has 116 valence electrons. The van der Waals surface area contributed by atoms with Crippen molar-refractivity contribution in [1.29, 1.82) is 0 Å². The van der Waals surface area contributed by atoms with Gasteiger partial charge in [-0.1, -0.05) is 0 Å². The molecule has 4 nitrogen and oxygen atoms in total. The molecule has 1 aliphatic rings. The van der Waals surface area contributed by atoms with Gasteiger partial charge in [-0.25, -0.2) is 9.18 Å². The summed E-state index contributed by atoms with van der Waals surface area (Å²) < 4.78 is 56.8. The summed E-state index contributed by atoms with van der Waals surface area (Å²) in [6.45, 7) is 0.354. The van der Waals surface area contributed by atoms with Crippen LogP contribution in [0.3, 0.4) is 0 Å². The minimum absolute atomic E-state index is 0.177. The molecule has 1 heterocycles. The van der Waals surface area contributed by atoms with Crippen molar-refractivity contribution in [3.8, 4) is 5.75 Å². The van der Waals surface area contributed by atoms with Gasteiger partial charge in [0.25, 0.3) is 0 Å². The standard InChI is InChI=1S/C13H13F4NO3/c14-8-1-2-10(13(15,16)17)11(7-8)21-9-3-5-18(6-4-9)12(19)20/h1-2,7,9H,3-6H2,(H,19,20). The summed E-state index contributed by atoms with van der Waals surface area (Å²) in [5.41, 5.74) is -1.04. The van der Waals surface area contributed by atoms with Gasteiger partial charge in [0.2, 0.25) is 0 Å². The zero-order valence-corrected chi connectivity index (χ0v) is 10.9. The molecule has 1 amide bonds. The number of hydrogen-bond acceptors (Lipinski definition) is 2. The number of piperidine rings is 1. The Morgan fingerprint density at radius 1 is 1.29 bits per heavy atom. The monoisotopic (exact) mass is 307 g/mol. The number of benzene rings is 1. The van der Waals surface area contributed by atoms with Crippen LogP contribution < -0.4 is 4.74 Å². The molecule has 1 aliphatic heterocycles. The van der Waals surface area contributed by atoms with Gasteiger partial charge in [0.05, 0.1) is 5.56 Å². The molecule has 2 rings (SSSR count). The van der Waals surface area contributed by atoms with Crippen LogP contribution in [0.4, 0.5) is 22.4 Å². The molecule has 1 aromatic carbocycles. The van der Waals surface area contributed by atoms with E-state index in [1.165, 1.54) is 0 Å². The van der Waals surface area contributed by atoms with Crippen LogP contribution in [0, 0.1) is 5.82 Å². The second kappa shape index (κ2) is 5.79. The maximum absolute atomic E-state index is 13.1. The van der Waals surface area contributed by atoms with Crippen molar-refractivity contribution >= 4 is 6.09 Å². The van der Waals surface area contributed by atoms with Gasteiger partial charge in [-0.05, 0) is 12.1 Å². The van der Waals surface area contributed by atoms with Crippen LogP contribution in [0.25, 0.3) is 0 Å². The van der Waals surface area contributed by atoms with Crippen LogP contribution in [0.1, 0.15) is 18.4 Å². The number of hydrogen-bond donors (Lipinski definition) is 1. The lowest BCUT2D eigenvalue weighted by Gasteiger charge is -2.30. The second-order valence-corrected chi connectivity index (χ2v) is 4.73. The summed E-state index contributed by atoms with van der Waals surface area (Å²) >= 11 is 0. The smallest absolute Gasteiger partial charge is 0.419 e. The minimum Gasteiger partial charge on any atom is -0.490 e. The summed E-state index contributed by atoms with van der Waals surface area (Å²) in [6, 6.07) is 2.06. The number of alkyl halides is 3. The van der Waals surface area contributed by atoms with E-state index in [4.69, 9.17) is 9.84 Å². The molecule has 1 aromatic rings. The maximum atomic E-state index is 13.1. The van der Waals surface area contributed by atoms with Gasteiger partial charge in [0, 0.05) is 32.0 Å². The number of carboxylic acid groups (broad SMARTS) is 1. The summed E-state index contributed by atoms with van der Waals surface area (Å²) in [5, 5.41) is 8.79. The van der Waals surface area contributed by atoms with Crippen LogP contribution in [0.5, 0.6) is 5.75 Å². The first-order valence-electron chi connectivity index (χ1n) is 6.28. The number of amides is 1. The fourth-order valence-corrected chi connectivity index (χ4v) is 2.17. The molecular formula is C13H13F4NO3. The van der Waals surface area contributed by atoms with Crippen molar-refractivity contribution in [2.75, 3.05) is 13.1 Å². The molecule has 0 unspecified atom stereocenters. The van der Waals surface area contributed by atoms with Gasteiger partial charge >= 0.3 is 12.3 Å². The fourth-order valence-electron chi connectivity index (χ4n) is 2.17. The van der Waals surface area contributed by atoms with Gasteiger partial charge in [-0.3, -0.25) is 0 Å². The Bertz CT molecular complexity index is 525. The lowest BCUT2D eigenvalue weighted by atomic mass is 10.1. The third kappa shape index (κ3) is 3.77. The predicted octanol–water partition coefficient (Wildman–Crippen LogP) is 3.37. The number of rotatable bonds is 2. The zero-order valence-electron chi connectivity index (χ0n) is 10.9. The average Bonchev–Trinajstić information content (AvgIpc) is 2.38. The zero-order chi connectivity index (χ0) is 15.6. The van der Waals surface area contributed by atoms with E-state index in [2.05, 4.69) is 0 Å². The first kappa shape index (κ1) is 15.4. The Hall–Kier alpha value is -1.99. The van der Waals surface area contributed by atoms with E-state index in [1.807, 2.05) is 0 Å². The summed E-state index contributed by atoms with van der Waals surface area (Å²) in [5.74, 6) is -1.38. The largest absolute Gasteiger partial charge is 0.490 e. The molecular weight excluding hydrogens is 294 g/mol. The summed E-state index contributed by atoms with van der Waals surface area (Å²) in [6.07, 6.45) is -5.75. The van der Waals surface area contributed by atoms with Crippen LogP contribution in [0.15, 0.2) is 18.2 Å². The van der Waals surface area contributed by atoms with Gasteiger partial charge in [-0.2, -0.15) is 13.2 Å².